The van der Waals surface area contributed by atoms with Crippen LogP contribution in [0.2, 0.25) is 0 Å². The predicted molar refractivity (Wildman–Crippen MR) is 77.7 cm³/mol. The highest BCUT2D eigenvalue weighted by molar-refractivity contribution is 5.75. The fraction of sp³-hybridized carbons (Fsp3) is 0.467. The zero-order valence-corrected chi connectivity index (χ0v) is 12.2. The van der Waals surface area contributed by atoms with Gasteiger partial charge in [0.25, 0.3) is 0 Å². The molecule has 1 atom stereocenters. The average Bonchev–Trinajstić information content (AvgIpc) is 3.18. The van der Waals surface area contributed by atoms with Crippen molar-refractivity contribution in [3.05, 3.63) is 42.1 Å². The summed E-state index contributed by atoms with van der Waals surface area (Å²) >= 11 is 0. The van der Waals surface area contributed by atoms with E-state index < -0.39 is 0 Å². The number of carbonyl (C=O) groups is 1. The van der Waals surface area contributed by atoms with Crippen molar-refractivity contribution in [2.75, 3.05) is 13.1 Å². The van der Waals surface area contributed by atoms with Crippen LogP contribution in [0.15, 0.2) is 35.2 Å². The lowest BCUT2D eigenvalue weighted by molar-refractivity contribution is 0.193. The number of carbonyl (C=O) groups excluding carboxylic acids is 1. The minimum atomic E-state index is -0.00657. The number of rotatable bonds is 4. The first-order chi connectivity index (χ1) is 10.2. The van der Waals surface area contributed by atoms with Gasteiger partial charge in [0, 0.05) is 38.3 Å². The Kier molecular flexibility index (Phi) is 3.94. The lowest BCUT2D eigenvalue weighted by atomic mass is 10.1. The second-order valence-corrected chi connectivity index (χ2v) is 5.36. The maximum absolute atomic E-state index is 12.3. The Bertz CT molecular complexity index is 591. The van der Waals surface area contributed by atoms with Crippen LogP contribution in [0.5, 0.6) is 0 Å². The lowest BCUT2D eigenvalue weighted by Crippen LogP contribution is -2.40. The molecule has 21 heavy (non-hydrogen) atoms. The zero-order chi connectivity index (χ0) is 14.7. The summed E-state index contributed by atoms with van der Waals surface area (Å²) in [6.07, 6.45) is 8.22. The van der Waals surface area contributed by atoms with Crippen LogP contribution in [0.25, 0.3) is 0 Å². The number of aromatic nitrogens is 2. The van der Waals surface area contributed by atoms with E-state index in [0.717, 1.165) is 30.7 Å². The van der Waals surface area contributed by atoms with Gasteiger partial charge in [0.15, 0.2) is 0 Å². The van der Waals surface area contributed by atoms with Crippen molar-refractivity contribution in [3.63, 3.8) is 0 Å². The topological polar surface area (TPSA) is 63.3 Å². The molecule has 1 aliphatic rings. The molecule has 0 bridgehead atoms. The number of nitrogens with zero attached hydrogens (tertiary/aromatic N) is 3. The van der Waals surface area contributed by atoms with Gasteiger partial charge < -0.3 is 14.6 Å². The van der Waals surface area contributed by atoms with Crippen LogP contribution < -0.4 is 5.32 Å². The van der Waals surface area contributed by atoms with Crippen molar-refractivity contribution >= 4 is 6.03 Å². The van der Waals surface area contributed by atoms with E-state index in [0.29, 0.717) is 13.0 Å². The third-order valence-electron chi connectivity index (χ3n) is 3.85. The first-order valence-corrected chi connectivity index (χ1v) is 7.29. The van der Waals surface area contributed by atoms with Crippen LogP contribution in [0.3, 0.4) is 0 Å². The monoisotopic (exact) mass is 288 g/mol. The van der Waals surface area contributed by atoms with Gasteiger partial charge in [-0.1, -0.05) is 0 Å². The minimum absolute atomic E-state index is 0.00657. The van der Waals surface area contributed by atoms with E-state index in [4.69, 9.17) is 4.42 Å². The molecule has 0 spiro atoms. The molecule has 0 aromatic carbocycles. The van der Waals surface area contributed by atoms with Crippen molar-refractivity contribution in [3.8, 4) is 0 Å². The molecule has 3 heterocycles. The number of hydrogen-bond acceptors (Lipinski definition) is 3. The molecule has 6 heteroatoms. The Labute approximate surface area is 123 Å². The molecule has 2 amide bonds. The van der Waals surface area contributed by atoms with Crippen LogP contribution in [-0.2, 0) is 13.5 Å². The highest BCUT2D eigenvalue weighted by atomic mass is 16.3. The number of urea groups is 1. The van der Waals surface area contributed by atoms with Gasteiger partial charge in [0.05, 0.1) is 18.5 Å². The van der Waals surface area contributed by atoms with Crippen molar-refractivity contribution < 1.29 is 9.21 Å². The Morgan fingerprint density at radius 3 is 3.19 bits per heavy atom. The van der Waals surface area contributed by atoms with Crippen molar-refractivity contribution in [2.45, 2.75) is 25.3 Å². The molecule has 112 valence electrons. The first-order valence-electron chi connectivity index (χ1n) is 7.29. The first kappa shape index (κ1) is 13.7. The SMILES string of the molecule is Cn1cc(C2CCCN2C(=O)NCCc2ccco2)cn1. The van der Waals surface area contributed by atoms with E-state index in [1.165, 1.54) is 0 Å². The third-order valence-corrected chi connectivity index (χ3v) is 3.85. The Morgan fingerprint density at radius 2 is 2.48 bits per heavy atom. The van der Waals surface area contributed by atoms with Crippen LogP contribution in [0, 0.1) is 0 Å². The molecule has 1 unspecified atom stereocenters. The summed E-state index contributed by atoms with van der Waals surface area (Å²) < 4.78 is 7.04. The zero-order valence-electron chi connectivity index (χ0n) is 12.2. The van der Waals surface area contributed by atoms with E-state index in [2.05, 4.69) is 10.4 Å². The molecule has 0 aliphatic carbocycles. The number of likely N-dealkylation sites (tertiary alicyclic amines) is 1. The fourth-order valence-electron chi connectivity index (χ4n) is 2.82. The molecule has 0 radical (unpaired) electrons. The van der Waals surface area contributed by atoms with Crippen molar-refractivity contribution in [1.82, 2.24) is 20.0 Å². The van der Waals surface area contributed by atoms with Gasteiger partial charge in [-0.3, -0.25) is 4.68 Å². The largest absolute Gasteiger partial charge is 0.469 e. The Balaban J connectivity index is 1.55. The molecular weight excluding hydrogens is 268 g/mol. The molecule has 1 fully saturated rings. The fourth-order valence-corrected chi connectivity index (χ4v) is 2.82. The van der Waals surface area contributed by atoms with Gasteiger partial charge >= 0.3 is 6.03 Å². The van der Waals surface area contributed by atoms with Crippen molar-refractivity contribution in [1.29, 1.82) is 0 Å². The lowest BCUT2D eigenvalue weighted by Gasteiger charge is -2.24. The highest BCUT2D eigenvalue weighted by Crippen LogP contribution is 2.31. The van der Waals surface area contributed by atoms with Crippen LogP contribution in [0.4, 0.5) is 4.79 Å². The summed E-state index contributed by atoms with van der Waals surface area (Å²) in [5, 5.41) is 7.17. The third kappa shape index (κ3) is 3.09. The number of furan rings is 1. The maximum atomic E-state index is 12.3. The molecular formula is C15H20N4O2. The molecule has 0 saturated carbocycles. The normalized spacial score (nSPS) is 18.1. The van der Waals surface area contributed by atoms with E-state index in [1.807, 2.05) is 36.5 Å². The maximum Gasteiger partial charge on any atom is 0.317 e. The molecule has 3 rings (SSSR count). The van der Waals surface area contributed by atoms with E-state index in [9.17, 15) is 4.79 Å². The molecule has 1 saturated heterocycles. The van der Waals surface area contributed by atoms with Crippen LogP contribution in [0.1, 0.15) is 30.2 Å². The second kappa shape index (κ2) is 6.03. The Morgan fingerprint density at radius 1 is 1.57 bits per heavy atom. The predicted octanol–water partition coefficient (Wildman–Crippen LogP) is 2.10. The summed E-state index contributed by atoms with van der Waals surface area (Å²) in [5.41, 5.74) is 1.11. The van der Waals surface area contributed by atoms with Gasteiger partial charge in [-0.05, 0) is 25.0 Å². The van der Waals surface area contributed by atoms with Crippen molar-refractivity contribution in [2.24, 2.45) is 7.05 Å². The van der Waals surface area contributed by atoms with Gasteiger partial charge in [-0.2, -0.15) is 5.10 Å². The van der Waals surface area contributed by atoms with Crippen LogP contribution in [-0.4, -0.2) is 33.8 Å². The summed E-state index contributed by atoms with van der Waals surface area (Å²) in [7, 11) is 1.90. The molecule has 1 aliphatic heterocycles. The van der Waals surface area contributed by atoms with Gasteiger partial charge in [-0.15, -0.1) is 0 Å². The summed E-state index contributed by atoms with van der Waals surface area (Å²) in [6, 6.07) is 3.91. The molecule has 6 nitrogen and oxygen atoms in total. The van der Waals surface area contributed by atoms with Gasteiger partial charge in [-0.25, -0.2) is 4.79 Å². The van der Waals surface area contributed by atoms with E-state index in [-0.39, 0.29) is 12.1 Å². The van der Waals surface area contributed by atoms with Gasteiger partial charge in [0.1, 0.15) is 5.76 Å². The highest BCUT2D eigenvalue weighted by Gasteiger charge is 2.30. The number of aryl methyl sites for hydroxylation is 1. The average molecular weight is 288 g/mol. The summed E-state index contributed by atoms with van der Waals surface area (Å²) in [4.78, 5) is 14.2. The van der Waals surface area contributed by atoms with Crippen LogP contribution >= 0.6 is 0 Å². The molecule has 2 aromatic heterocycles. The summed E-state index contributed by atoms with van der Waals surface area (Å²) in [6.45, 7) is 1.38. The van der Waals surface area contributed by atoms with Gasteiger partial charge in [0.2, 0.25) is 0 Å². The number of amides is 2. The van der Waals surface area contributed by atoms with E-state index in [1.54, 1.807) is 10.9 Å². The number of nitrogens with one attached hydrogen (secondary N) is 1. The van der Waals surface area contributed by atoms with E-state index >= 15 is 0 Å². The minimum Gasteiger partial charge on any atom is -0.469 e. The summed E-state index contributed by atoms with van der Waals surface area (Å²) in [5.74, 6) is 0.889. The molecule has 2 aromatic rings. The standard InChI is InChI=1S/C15H20N4O2/c1-18-11-12(10-17-18)14-5-2-8-19(14)15(20)16-7-6-13-4-3-9-21-13/h3-4,9-11,14H,2,5-8H2,1H3,(H,16,20). The second-order valence-electron chi connectivity index (χ2n) is 5.36. The molecule has 1 N–H and O–H groups in total. The quantitative estimate of drug-likeness (QED) is 0.937. The Hall–Kier alpha value is -2.24. The smallest absolute Gasteiger partial charge is 0.317 e. The number of hydrogen-bond donors (Lipinski definition) is 1.